The number of rotatable bonds is 4. The van der Waals surface area contributed by atoms with E-state index in [4.69, 9.17) is 4.52 Å². The van der Waals surface area contributed by atoms with E-state index in [-0.39, 0.29) is 0 Å². The van der Waals surface area contributed by atoms with Crippen molar-refractivity contribution in [2.24, 2.45) is 0 Å². The van der Waals surface area contributed by atoms with Crippen LogP contribution in [0.2, 0.25) is 0 Å². The van der Waals surface area contributed by atoms with Gasteiger partial charge in [-0.25, -0.2) is 0 Å². The molecular weight excluding hydrogens is 224 g/mol. The summed E-state index contributed by atoms with van der Waals surface area (Å²) in [6.45, 7) is 9.96. The van der Waals surface area contributed by atoms with Gasteiger partial charge in [-0.05, 0) is 44.4 Å². The summed E-state index contributed by atoms with van der Waals surface area (Å²) in [5.41, 5.74) is 6.30. The number of aromatic nitrogens is 1. The lowest BCUT2D eigenvalue weighted by Gasteiger charge is -2.11. The van der Waals surface area contributed by atoms with E-state index < -0.39 is 0 Å². The summed E-state index contributed by atoms with van der Waals surface area (Å²) in [4.78, 5) is 0. The molecule has 2 aromatic rings. The van der Waals surface area contributed by atoms with Crippen LogP contribution in [0.3, 0.4) is 0 Å². The predicted octanol–water partition coefficient (Wildman–Crippen LogP) is 3.20. The molecule has 0 bridgehead atoms. The first kappa shape index (κ1) is 12.8. The summed E-state index contributed by atoms with van der Waals surface area (Å²) >= 11 is 0. The van der Waals surface area contributed by atoms with Crippen LogP contribution in [-0.2, 0) is 13.1 Å². The van der Waals surface area contributed by atoms with Gasteiger partial charge in [0.1, 0.15) is 0 Å². The van der Waals surface area contributed by atoms with Crippen molar-refractivity contribution < 1.29 is 4.52 Å². The number of hydrogen-bond donors (Lipinski definition) is 1. The minimum absolute atomic E-state index is 0.716. The average Bonchev–Trinajstić information content (AvgIpc) is 2.68. The van der Waals surface area contributed by atoms with Gasteiger partial charge in [-0.3, -0.25) is 0 Å². The highest BCUT2D eigenvalue weighted by Gasteiger charge is 2.05. The summed E-state index contributed by atoms with van der Waals surface area (Å²) in [7, 11) is 0. The molecule has 1 aromatic heterocycles. The highest BCUT2D eigenvalue weighted by molar-refractivity contribution is 5.37. The SMILES string of the molecule is Cc1cc(C)c(CNCc2cc(C)no2)c(C)c1. The van der Waals surface area contributed by atoms with Crippen LogP contribution in [0, 0.1) is 27.7 Å². The summed E-state index contributed by atoms with van der Waals surface area (Å²) < 4.78 is 5.17. The molecule has 1 N–H and O–H groups in total. The number of benzene rings is 1. The molecule has 0 aliphatic rings. The molecule has 0 amide bonds. The van der Waals surface area contributed by atoms with Crippen LogP contribution in [0.4, 0.5) is 0 Å². The molecule has 0 radical (unpaired) electrons. The second-order valence-electron chi connectivity index (χ2n) is 4.92. The van der Waals surface area contributed by atoms with Gasteiger partial charge in [0.15, 0.2) is 5.76 Å². The lowest BCUT2D eigenvalue weighted by Crippen LogP contribution is -2.14. The summed E-state index contributed by atoms with van der Waals surface area (Å²) in [6.07, 6.45) is 0. The first-order valence-electron chi connectivity index (χ1n) is 6.26. The Balaban J connectivity index is 1.98. The van der Waals surface area contributed by atoms with E-state index in [0.29, 0.717) is 6.54 Å². The first-order chi connectivity index (χ1) is 8.56. The minimum atomic E-state index is 0.716. The van der Waals surface area contributed by atoms with Gasteiger partial charge in [-0.2, -0.15) is 0 Å². The molecule has 96 valence electrons. The van der Waals surface area contributed by atoms with Gasteiger partial charge in [-0.15, -0.1) is 0 Å². The molecule has 0 unspecified atom stereocenters. The maximum Gasteiger partial charge on any atom is 0.150 e. The highest BCUT2D eigenvalue weighted by Crippen LogP contribution is 2.16. The molecule has 18 heavy (non-hydrogen) atoms. The van der Waals surface area contributed by atoms with E-state index in [1.165, 1.54) is 22.3 Å². The zero-order chi connectivity index (χ0) is 13.1. The van der Waals surface area contributed by atoms with Crippen molar-refractivity contribution in [2.75, 3.05) is 0 Å². The third-order valence-electron chi connectivity index (χ3n) is 3.12. The number of nitrogens with zero attached hydrogens (tertiary/aromatic N) is 1. The monoisotopic (exact) mass is 244 g/mol. The molecule has 1 aromatic carbocycles. The zero-order valence-corrected chi connectivity index (χ0v) is 11.5. The largest absolute Gasteiger partial charge is 0.360 e. The fourth-order valence-electron chi connectivity index (χ4n) is 2.30. The maximum absolute atomic E-state index is 5.17. The van der Waals surface area contributed by atoms with Gasteiger partial charge in [0.25, 0.3) is 0 Å². The van der Waals surface area contributed by atoms with E-state index in [1.807, 2.05) is 13.0 Å². The number of nitrogens with one attached hydrogen (secondary N) is 1. The predicted molar refractivity (Wildman–Crippen MR) is 72.4 cm³/mol. The van der Waals surface area contributed by atoms with Crippen molar-refractivity contribution in [3.8, 4) is 0 Å². The maximum atomic E-state index is 5.17. The second kappa shape index (κ2) is 5.36. The van der Waals surface area contributed by atoms with E-state index in [1.54, 1.807) is 0 Å². The van der Waals surface area contributed by atoms with Crippen LogP contribution < -0.4 is 5.32 Å². The Morgan fingerprint density at radius 1 is 1.00 bits per heavy atom. The van der Waals surface area contributed by atoms with Crippen molar-refractivity contribution >= 4 is 0 Å². The third kappa shape index (κ3) is 2.99. The van der Waals surface area contributed by atoms with Crippen molar-refractivity contribution in [1.82, 2.24) is 10.5 Å². The van der Waals surface area contributed by atoms with E-state index in [2.05, 4.69) is 43.4 Å². The van der Waals surface area contributed by atoms with Crippen molar-refractivity contribution in [3.63, 3.8) is 0 Å². The third-order valence-corrected chi connectivity index (χ3v) is 3.12. The van der Waals surface area contributed by atoms with Gasteiger partial charge in [-0.1, -0.05) is 22.9 Å². The van der Waals surface area contributed by atoms with Crippen molar-refractivity contribution in [3.05, 3.63) is 51.9 Å². The lowest BCUT2D eigenvalue weighted by molar-refractivity contribution is 0.369. The van der Waals surface area contributed by atoms with Crippen molar-refractivity contribution in [2.45, 2.75) is 40.8 Å². The van der Waals surface area contributed by atoms with Crippen LogP contribution in [0.15, 0.2) is 22.7 Å². The van der Waals surface area contributed by atoms with Gasteiger partial charge < -0.3 is 9.84 Å². The van der Waals surface area contributed by atoms with Crippen LogP contribution in [0.25, 0.3) is 0 Å². The molecule has 2 rings (SSSR count). The topological polar surface area (TPSA) is 38.1 Å². The molecule has 3 nitrogen and oxygen atoms in total. The van der Waals surface area contributed by atoms with Gasteiger partial charge in [0.2, 0.25) is 0 Å². The first-order valence-corrected chi connectivity index (χ1v) is 6.26. The molecule has 0 aliphatic carbocycles. The number of aryl methyl sites for hydroxylation is 4. The average molecular weight is 244 g/mol. The molecule has 0 fully saturated rings. The zero-order valence-electron chi connectivity index (χ0n) is 11.5. The van der Waals surface area contributed by atoms with Gasteiger partial charge >= 0.3 is 0 Å². The van der Waals surface area contributed by atoms with Crippen LogP contribution in [0.1, 0.15) is 33.7 Å². The molecular formula is C15H20N2O. The molecule has 1 heterocycles. The molecule has 0 saturated carbocycles. The Kier molecular flexibility index (Phi) is 3.82. The van der Waals surface area contributed by atoms with Crippen LogP contribution >= 0.6 is 0 Å². The Bertz CT molecular complexity index is 520. The summed E-state index contributed by atoms with van der Waals surface area (Å²) in [6, 6.07) is 6.41. The quantitative estimate of drug-likeness (QED) is 0.897. The van der Waals surface area contributed by atoms with Gasteiger partial charge in [0, 0.05) is 12.6 Å². The van der Waals surface area contributed by atoms with E-state index in [9.17, 15) is 0 Å². The molecule has 0 spiro atoms. The van der Waals surface area contributed by atoms with Crippen LogP contribution in [-0.4, -0.2) is 5.16 Å². The molecule has 0 saturated heterocycles. The fraction of sp³-hybridized carbons (Fsp3) is 0.400. The lowest BCUT2D eigenvalue weighted by atomic mass is 10.00. The standard InChI is InChI=1S/C15H20N2O/c1-10-5-11(2)15(12(3)6-10)9-16-8-14-7-13(4)17-18-14/h5-7,16H,8-9H2,1-4H3. The molecule has 0 atom stereocenters. The Labute approximate surface area is 108 Å². The Morgan fingerprint density at radius 2 is 1.67 bits per heavy atom. The number of hydrogen-bond acceptors (Lipinski definition) is 3. The van der Waals surface area contributed by atoms with E-state index >= 15 is 0 Å². The Morgan fingerprint density at radius 3 is 2.22 bits per heavy atom. The van der Waals surface area contributed by atoms with Gasteiger partial charge in [0.05, 0.1) is 12.2 Å². The fourth-order valence-corrected chi connectivity index (χ4v) is 2.30. The van der Waals surface area contributed by atoms with Crippen LogP contribution in [0.5, 0.6) is 0 Å². The molecule has 0 aliphatic heterocycles. The molecule has 3 heteroatoms. The summed E-state index contributed by atoms with van der Waals surface area (Å²) in [5, 5.41) is 7.27. The highest BCUT2D eigenvalue weighted by atomic mass is 16.5. The summed E-state index contributed by atoms with van der Waals surface area (Å²) in [5.74, 6) is 0.884. The Hall–Kier alpha value is -1.61. The minimum Gasteiger partial charge on any atom is -0.360 e. The van der Waals surface area contributed by atoms with Crippen molar-refractivity contribution in [1.29, 1.82) is 0 Å². The smallest absolute Gasteiger partial charge is 0.150 e. The second-order valence-corrected chi connectivity index (χ2v) is 4.92. The van der Waals surface area contributed by atoms with E-state index in [0.717, 1.165) is 18.0 Å². The normalized spacial score (nSPS) is 10.9.